The highest BCUT2D eigenvalue weighted by atomic mass is 16.2. The van der Waals surface area contributed by atoms with Crippen molar-refractivity contribution in [3.8, 4) is 0 Å². The van der Waals surface area contributed by atoms with Gasteiger partial charge in [-0.2, -0.15) is 0 Å². The summed E-state index contributed by atoms with van der Waals surface area (Å²) in [6, 6.07) is 4.54. The molecule has 0 aliphatic carbocycles. The van der Waals surface area contributed by atoms with Gasteiger partial charge in [0.2, 0.25) is 0 Å². The van der Waals surface area contributed by atoms with Crippen molar-refractivity contribution in [1.29, 1.82) is 0 Å². The molecule has 0 saturated heterocycles. The lowest BCUT2D eigenvalue weighted by molar-refractivity contribution is 0.0993. The van der Waals surface area contributed by atoms with Gasteiger partial charge in [0, 0.05) is 38.1 Å². The molecule has 6 nitrogen and oxygen atoms in total. The second-order valence-electron chi connectivity index (χ2n) is 4.16. The van der Waals surface area contributed by atoms with Crippen LogP contribution in [-0.4, -0.2) is 22.5 Å². The van der Waals surface area contributed by atoms with Crippen LogP contribution in [0.2, 0.25) is 0 Å². The number of aromatic nitrogens is 2. The topological polar surface area (TPSA) is 81.2 Å². The molecule has 98 valence electrons. The van der Waals surface area contributed by atoms with E-state index in [4.69, 9.17) is 5.73 Å². The molecule has 0 bridgehead atoms. The van der Waals surface area contributed by atoms with E-state index in [1.807, 2.05) is 0 Å². The molecule has 0 aromatic carbocycles. The summed E-state index contributed by atoms with van der Waals surface area (Å²) in [6.07, 6.45) is 4.59. The third-order valence-electron chi connectivity index (χ3n) is 2.85. The fraction of sp³-hybridized carbons (Fsp3) is 0.154. The number of rotatable bonds is 2. The Labute approximate surface area is 110 Å². The van der Waals surface area contributed by atoms with Crippen molar-refractivity contribution in [3.63, 3.8) is 0 Å². The molecule has 2 aromatic rings. The van der Waals surface area contributed by atoms with Crippen LogP contribution in [-0.2, 0) is 7.05 Å². The van der Waals surface area contributed by atoms with Crippen molar-refractivity contribution in [2.75, 3.05) is 17.7 Å². The van der Waals surface area contributed by atoms with Crippen molar-refractivity contribution < 1.29 is 4.79 Å². The van der Waals surface area contributed by atoms with E-state index in [1.165, 1.54) is 21.7 Å². The summed E-state index contributed by atoms with van der Waals surface area (Å²) in [5.74, 6) is -0.296. The third kappa shape index (κ3) is 2.47. The summed E-state index contributed by atoms with van der Waals surface area (Å²) in [7, 11) is 3.23. The number of pyridine rings is 2. The first kappa shape index (κ1) is 12.8. The van der Waals surface area contributed by atoms with E-state index in [-0.39, 0.29) is 11.5 Å². The van der Waals surface area contributed by atoms with Crippen LogP contribution in [0.1, 0.15) is 10.4 Å². The number of hydrogen-bond acceptors (Lipinski definition) is 4. The van der Waals surface area contributed by atoms with Crippen LogP contribution < -0.4 is 16.2 Å². The third-order valence-corrected chi connectivity index (χ3v) is 2.85. The maximum Gasteiger partial charge on any atom is 0.258 e. The Kier molecular flexibility index (Phi) is 3.33. The zero-order valence-corrected chi connectivity index (χ0v) is 10.7. The van der Waals surface area contributed by atoms with Gasteiger partial charge in [0.15, 0.2) is 0 Å². The van der Waals surface area contributed by atoms with E-state index in [9.17, 15) is 9.59 Å². The normalized spacial score (nSPS) is 10.2. The van der Waals surface area contributed by atoms with Gasteiger partial charge in [-0.05, 0) is 12.1 Å². The molecule has 0 unspecified atom stereocenters. The molecule has 1 amide bonds. The van der Waals surface area contributed by atoms with Crippen LogP contribution >= 0.6 is 0 Å². The zero-order valence-electron chi connectivity index (χ0n) is 10.7. The van der Waals surface area contributed by atoms with Gasteiger partial charge >= 0.3 is 0 Å². The molecule has 2 aromatic heterocycles. The fourth-order valence-electron chi connectivity index (χ4n) is 1.69. The summed E-state index contributed by atoms with van der Waals surface area (Å²) >= 11 is 0. The number of amides is 1. The molecule has 0 aliphatic rings. The lowest BCUT2D eigenvalue weighted by atomic mass is 10.2. The second-order valence-corrected chi connectivity index (χ2v) is 4.16. The van der Waals surface area contributed by atoms with Crippen molar-refractivity contribution in [1.82, 2.24) is 9.55 Å². The fourth-order valence-corrected chi connectivity index (χ4v) is 1.69. The maximum atomic E-state index is 12.3. The van der Waals surface area contributed by atoms with Crippen LogP contribution in [0.15, 0.2) is 41.6 Å². The van der Waals surface area contributed by atoms with Crippen molar-refractivity contribution >= 4 is 17.3 Å². The van der Waals surface area contributed by atoms with Gasteiger partial charge in [-0.25, -0.2) is 0 Å². The molecule has 19 heavy (non-hydrogen) atoms. The average molecular weight is 258 g/mol. The zero-order chi connectivity index (χ0) is 14.0. The number of carbonyl (C=O) groups excluding carboxylic acids is 1. The average Bonchev–Trinajstić information content (AvgIpc) is 2.41. The Morgan fingerprint density at radius 2 is 2.16 bits per heavy atom. The highest BCUT2D eigenvalue weighted by Gasteiger charge is 2.16. The Morgan fingerprint density at radius 3 is 2.79 bits per heavy atom. The molecule has 0 atom stereocenters. The SMILES string of the molecule is CN(C(=O)c1ccn(C)c(=O)c1)c1ccncc1N. The molecule has 0 saturated carbocycles. The molecular formula is C13H14N4O2. The van der Waals surface area contributed by atoms with Crippen molar-refractivity contribution in [2.45, 2.75) is 0 Å². The largest absolute Gasteiger partial charge is 0.396 e. The van der Waals surface area contributed by atoms with Gasteiger partial charge in [0.25, 0.3) is 11.5 Å². The van der Waals surface area contributed by atoms with Crippen molar-refractivity contribution in [3.05, 3.63) is 52.7 Å². The van der Waals surface area contributed by atoms with Crippen LogP contribution in [0.5, 0.6) is 0 Å². The Hall–Kier alpha value is -2.63. The van der Waals surface area contributed by atoms with Crippen LogP contribution in [0.25, 0.3) is 0 Å². The summed E-state index contributed by atoms with van der Waals surface area (Å²) in [4.78, 5) is 29.1. The molecule has 2 rings (SSSR count). The quantitative estimate of drug-likeness (QED) is 0.857. The van der Waals surface area contributed by atoms with Crippen molar-refractivity contribution in [2.24, 2.45) is 7.05 Å². The standard InChI is InChI=1S/C13H14N4O2/c1-16-6-4-9(7-12(16)18)13(19)17(2)11-3-5-15-8-10(11)14/h3-8H,14H2,1-2H3. The van der Waals surface area contributed by atoms with E-state index in [1.54, 1.807) is 38.6 Å². The van der Waals surface area contributed by atoms with Gasteiger partial charge in [-0.3, -0.25) is 14.6 Å². The molecule has 6 heteroatoms. The minimum absolute atomic E-state index is 0.234. The van der Waals surface area contributed by atoms with E-state index in [0.29, 0.717) is 16.9 Å². The predicted octanol–water partition coefficient (Wildman–Crippen LogP) is 0.639. The Bertz CT molecular complexity index is 678. The first-order valence-corrected chi connectivity index (χ1v) is 5.65. The highest BCUT2D eigenvalue weighted by Crippen LogP contribution is 2.21. The lowest BCUT2D eigenvalue weighted by Gasteiger charge is -2.18. The number of anilines is 2. The number of hydrogen-bond donors (Lipinski definition) is 1. The van der Waals surface area contributed by atoms with E-state index in [0.717, 1.165) is 0 Å². The number of nitrogens with zero attached hydrogens (tertiary/aromatic N) is 3. The molecule has 0 fully saturated rings. The molecule has 0 spiro atoms. The molecule has 0 radical (unpaired) electrons. The minimum atomic E-state index is -0.296. The highest BCUT2D eigenvalue weighted by molar-refractivity contribution is 6.07. The lowest BCUT2D eigenvalue weighted by Crippen LogP contribution is -2.29. The van der Waals surface area contributed by atoms with Gasteiger partial charge in [-0.15, -0.1) is 0 Å². The minimum Gasteiger partial charge on any atom is -0.396 e. The summed E-state index contributed by atoms with van der Waals surface area (Å²) in [5.41, 5.74) is 6.82. The number of nitrogen functional groups attached to an aromatic ring is 1. The van der Waals surface area contributed by atoms with Gasteiger partial charge in [-0.1, -0.05) is 0 Å². The van der Waals surface area contributed by atoms with Crippen LogP contribution in [0.4, 0.5) is 11.4 Å². The van der Waals surface area contributed by atoms with E-state index < -0.39 is 0 Å². The summed E-state index contributed by atoms with van der Waals surface area (Å²) in [5, 5.41) is 0. The maximum absolute atomic E-state index is 12.3. The van der Waals surface area contributed by atoms with Gasteiger partial charge in [0.05, 0.1) is 17.6 Å². The van der Waals surface area contributed by atoms with Crippen LogP contribution in [0, 0.1) is 0 Å². The predicted molar refractivity (Wildman–Crippen MR) is 73.1 cm³/mol. The first-order chi connectivity index (χ1) is 9.00. The van der Waals surface area contributed by atoms with Gasteiger partial charge < -0.3 is 15.2 Å². The second kappa shape index (κ2) is 4.93. The van der Waals surface area contributed by atoms with Crippen LogP contribution in [0.3, 0.4) is 0 Å². The Balaban J connectivity index is 2.36. The Morgan fingerprint density at radius 1 is 1.42 bits per heavy atom. The molecule has 2 heterocycles. The first-order valence-electron chi connectivity index (χ1n) is 5.65. The molecule has 2 N–H and O–H groups in total. The summed E-state index contributed by atoms with van der Waals surface area (Å²) in [6.45, 7) is 0. The number of nitrogens with two attached hydrogens (primary N) is 1. The van der Waals surface area contributed by atoms with Gasteiger partial charge in [0.1, 0.15) is 0 Å². The smallest absolute Gasteiger partial charge is 0.258 e. The number of aryl methyl sites for hydroxylation is 1. The molecule has 0 aliphatic heterocycles. The molecular weight excluding hydrogens is 244 g/mol. The number of carbonyl (C=O) groups is 1. The summed E-state index contributed by atoms with van der Waals surface area (Å²) < 4.78 is 1.40. The van der Waals surface area contributed by atoms with E-state index in [2.05, 4.69) is 4.98 Å². The van der Waals surface area contributed by atoms with E-state index >= 15 is 0 Å². The monoisotopic (exact) mass is 258 g/mol.